The van der Waals surface area contributed by atoms with E-state index in [4.69, 9.17) is 5.21 Å². The zero-order chi connectivity index (χ0) is 11.3. The molecule has 1 aromatic rings. The third kappa shape index (κ3) is 5.03. The minimum absolute atomic E-state index is 0. The van der Waals surface area contributed by atoms with Gasteiger partial charge in [0.1, 0.15) is 0 Å². The molecule has 0 heterocycles. The van der Waals surface area contributed by atoms with Gasteiger partial charge in [0.05, 0.1) is 5.71 Å². The van der Waals surface area contributed by atoms with Gasteiger partial charge in [0, 0.05) is 17.6 Å². The van der Waals surface area contributed by atoms with Crippen molar-refractivity contribution in [3.63, 3.8) is 0 Å². The van der Waals surface area contributed by atoms with Crippen molar-refractivity contribution in [1.29, 1.82) is 0 Å². The van der Waals surface area contributed by atoms with Gasteiger partial charge in [0.15, 0.2) is 0 Å². The van der Waals surface area contributed by atoms with Crippen molar-refractivity contribution in [1.82, 2.24) is 0 Å². The molecule has 0 radical (unpaired) electrons. The van der Waals surface area contributed by atoms with Gasteiger partial charge in [-0.05, 0) is 32.9 Å². The van der Waals surface area contributed by atoms with Crippen LogP contribution >= 0.6 is 12.4 Å². The molecule has 0 bridgehead atoms. The molecule has 2 N–H and O–H groups in total. The number of hydrogen-bond donors (Lipinski definition) is 2. The molecule has 0 aliphatic rings. The Bertz CT molecular complexity index is 336. The molecule has 16 heavy (non-hydrogen) atoms. The fraction of sp³-hybridized carbons (Fsp3) is 0.417. The average molecular weight is 243 g/mol. The molecule has 1 aromatic carbocycles. The first kappa shape index (κ1) is 14.8. The van der Waals surface area contributed by atoms with Crippen LogP contribution in [0.1, 0.15) is 27.2 Å². The van der Waals surface area contributed by atoms with E-state index in [0.717, 1.165) is 11.4 Å². The average Bonchev–Trinajstić information content (AvgIpc) is 2.17. The smallest absolute Gasteiger partial charge is 0.0563 e. The van der Waals surface area contributed by atoms with E-state index in [-0.39, 0.29) is 17.9 Å². The van der Waals surface area contributed by atoms with E-state index in [2.05, 4.69) is 24.3 Å². The lowest BCUT2D eigenvalue weighted by molar-refractivity contribution is 0.316. The molecule has 0 aromatic heterocycles. The summed E-state index contributed by atoms with van der Waals surface area (Å²) >= 11 is 0. The third-order valence-corrected chi connectivity index (χ3v) is 2.13. The van der Waals surface area contributed by atoms with Crippen molar-refractivity contribution >= 4 is 23.8 Å². The SMILES string of the molecule is C/C(CC(C)(C)Nc1ccccc1)=N\O.Cl. The second-order valence-corrected chi connectivity index (χ2v) is 4.39. The van der Waals surface area contributed by atoms with Gasteiger partial charge in [-0.3, -0.25) is 0 Å². The Morgan fingerprint density at radius 3 is 2.38 bits per heavy atom. The van der Waals surface area contributed by atoms with Crippen molar-refractivity contribution < 1.29 is 5.21 Å². The number of anilines is 1. The molecule has 0 aliphatic heterocycles. The number of halogens is 1. The van der Waals surface area contributed by atoms with Crippen LogP contribution in [0.2, 0.25) is 0 Å². The summed E-state index contributed by atoms with van der Waals surface area (Å²) in [5.41, 5.74) is 1.69. The molecule has 0 saturated carbocycles. The van der Waals surface area contributed by atoms with Gasteiger partial charge in [-0.15, -0.1) is 12.4 Å². The monoisotopic (exact) mass is 242 g/mol. The number of para-hydroxylation sites is 1. The van der Waals surface area contributed by atoms with Gasteiger partial charge < -0.3 is 10.5 Å². The Balaban J connectivity index is 0.00000225. The predicted molar refractivity (Wildman–Crippen MR) is 70.9 cm³/mol. The first-order valence-corrected chi connectivity index (χ1v) is 5.04. The molecule has 0 fully saturated rings. The number of hydrogen-bond acceptors (Lipinski definition) is 3. The second-order valence-electron chi connectivity index (χ2n) is 4.39. The van der Waals surface area contributed by atoms with Crippen LogP contribution in [-0.4, -0.2) is 16.5 Å². The molecule has 90 valence electrons. The highest BCUT2D eigenvalue weighted by Gasteiger charge is 2.18. The summed E-state index contributed by atoms with van der Waals surface area (Å²) < 4.78 is 0. The molecule has 3 nitrogen and oxygen atoms in total. The minimum atomic E-state index is -0.113. The number of benzene rings is 1. The highest BCUT2D eigenvalue weighted by atomic mass is 35.5. The predicted octanol–water partition coefficient (Wildman–Crippen LogP) is 3.54. The quantitative estimate of drug-likeness (QED) is 0.482. The molecule has 4 heteroatoms. The number of nitrogens with one attached hydrogen (secondary N) is 1. The van der Waals surface area contributed by atoms with E-state index >= 15 is 0 Å². The zero-order valence-electron chi connectivity index (χ0n) is 9.90. The highest BCUT2D eigenvalue weighted by Crippen LogP contribution is 2.18. The van der Waals surface area contributed by atoms with Crippen LogP contribution < -0.4 is 5.32 Å². The van der Waals surface area contributed by atoms with E-state index in [0.29, 0.717) is 6.42 Å². The fourth-order valence-electron chi connectivity index (χ4n) is 1.63. The maximum absolute atomic E-state index is 8.62. The van der Waals surface area contributed by atoms with Crippen molar-refractivity contribution in [3.05, 3.63) is 30.3 Å². The van der Waals surface area contributed by atoms with Crippen LogP contribution in [0.15, 0.2) is 35.5 Å². The lowest BCUT2D eigenvalue weighted by Crippen LogP contribution is -2.33. The van der Waals surface area contributed by atoms with E-state index in [1.54, 1.807) is 0 Å². The molecule has 0 atom stereocenters. The topological polar surface area (TPSA) is 44.6 Å². The van der Waals surface area contributed by atoms with Crippen LogP contribution in [0.4, 0.5) is 5.69 Å². The molecule has 0 amide bonds. The second kappa shape index (κ2) is 6.38. The largest absolute Gasteiger partial charge is 0.411 e. The van der Waals surface area contributed by atoms with Crippen molar-refractivity contribution in [2.24, 2.45) is 5.16 Å². The number of nitrogens with zero attached hydrogens (tertiary/aromatic N) is 1. The molecule has 0 aliphatic carbocycles. The lowest BCUT2D eigenvalue weighted by atomic mass is 9.97. The lowest BCUT2D eigenvalue weighted by Gasteiger charge is -2.27. The van der Waals surface area contributed by atoms with Gasteiger partial charge in [-0.2, -0.15) is 0 Å². The van der Waals surface area contributed by atoms with Crippen molar-refractivity contribution in [3.8, 4) is 0 Å². The Hall–Kier alpha value is -1.22. The van der Waals surface area contributed by atoms with Crippen LogP contribution in [0.25, 0.3) is 0 Å². The third-order valence-electron chi connectivity index (χ3n) is 2.13. The highest BCUT2D eigenvalue weighted by molar-refractivity contribution is 5.85. The molecular formula is C12H19ClN2O. The molecule has 1 rings (SSSR count). The normalized spacial score (nSPS) is 11.8. The standard InChI is InChI=1S/C12H18N2O.ClH/c1-10(14-15)9-12(2,3)13-11-7-5-4-6-8-11;/h4-8,13,15H,9H2,1-3H3;1H/b14-10+;. The molecule has 0 saturated heterocycles. The summed E-state index contributed by atoms with van der Waals surface area (Å²) in [4.78, 5) is 0. The summed E-state index contributed by atoms with van der Waals surface area (Å²) in [6.07, 6.45) is 0.707. The van der Waals surface area contributed by atoms with E-state index < -0.39 is 0 Å². The van der Waals surface area contributed by atoms with Crippen LogP contribution in [0.5, 0.6) is 0 Å². The summed E-state index contributed by atoms with van der Waals surface area (Å²) in [5.74, 6) is 0. The number of rotatable bonds is 4. The molecular weight excluding hydrogens is 224 g/mol. The van der Waals surface area contributed by atoms with Crippen LogP contribution in [0.3, 0.4) is 0 Å². The maximum Gasteiger partial charge on any atom is 0.0563 e. The van der Waals surface area contributed by atoms with Gasteiger partial charge in [-0.1, -0.05) is 23.4 Å². The minimum Gasteiger partial charge on any atom is -0.411 e. The van der Waals surface area contributed by atoms with E-state index in [1.807, 2.05) is 37.3 Å². The van der Waals surface area contributed by atoms with Crippen molar-refractivity contribution in [2.45, 2.75) is 32.7 Å². The van der Waals surface area contributed by atoms with Gasteiger partial charge in [-0.25, -0.2) is 0 Å². The van der Waals surface area contributed by atoms with Crippen LogP contribution in [-0.2, 0) is 0 Å². The number of oxime groups is 1. The Morgan fingerprint density at radius 2 is 1.88 bits per heavy atom. The van der Waals surface area contributed by atoms with Gasteiger partial charge >= 0.3 is 0 Å². The summed E-state index contributed by atoms with van der Waals surface area (Å²) in [6.45, 7) is 5.97. The van der Waals surface area contributed by atoms with Gasteiger partial charge in [0.2, 0.25) is 0 Å². The Kier molecular flexibility index (Phi) is 5.89. The summed E-state index contributed by atoms with van der Waals surface area (Å²) in [6, 6.07) is 10.0. The first-order valence-electron chi connectivity index (χ1n) is 5.04. The van der Waals surface area contributed by atoms with Crippen molar-refractivity contribution in [2.75, 3.05) is 5.32 Å². The molecule has 0 spiro atoms. The zero-order valence-corrected chi connectivity index (χ0v) is 10.7. The van der Waals surface area contributed by atoms with E-state index in [9.17, 15) is 0 Å². The maximum atomic E-state index is 8.62. The summed E-state index contributed by atoms with van der Waals surface area (Å²) in [5, 5.41) is 15.2. The molecule has 0 unspecified atom stereocenters. The van der Waals surface area contributed by atoms with Gasteiger partial charge in [0.25, 0.3) is 0 Å². The first-order chi connectivity index (χ1) is 7.03. The van der Waals surface area contributed by atoms with E-state index in [1.165, 1.54) is 0 Å². The fourth-order valence-corrected chi connectivity index (χ4v) is 1.63. The Morgan fingerprint density at radius 1 is 1.31 bits per heavy atom. The summed E-state index contributed by atoms with van der Waals surface area (Å²) in [7, 11) is 0. The van der Waals surface area contributed by atoms with Crippen LogP contribution in [0, 0.1) is 0 Å². The Labute approximate surface area is 103 Å².